The van der Waals surface area contributed by atoms with Crippen molar-refractivity contribution in [3.63, 3.8) is 0 Å². The Labute approximate surface area is 213 Å². The van der Waals surface area contributed by atoms with Gasteiger partial charge in [-0.05, 0) is 43.0 Å². The molecule has 6 nitrogen and oxygen atoms in total. The van der Waals surface area contributed by atoms with Gasteiger partial charge in [-0.1, -0.05) is 6.07 Å². The van der Waals surface area contributed by atoms with Crippen molar-refractivity contribution in [1.29, 1.82) is 0 Å². The maximum absolute atomic E-state index is 13.4. The predicted molar refractivity (Wildman–Crippen MR) is 116 cm³/mol. The molecule has 4 rings (SSSR count). The first-order chi connectivity index (χ1) is 17.7. The molecule has 1 aromatic carbocycles. The summed E-state index contributed by atoms with van der Waals surface area (Å²) in [6.07, 6.45) is -8.19. The Hall–Kier alpha value is -3.20. The van der Waals surface area contributed by atoms with Crippen molar-refractivity contribution in [1.82, 2.24) is 4.98 Å². The molecule has 1 N–H and O–H groups in total. The number of hydrogen-bond acceptors (Lipinski definition) is 6. The molecule has 38 heavy (non-hydrogen) atoms. The number of hydrogen-bond donors (Lipinski definition) is 1. The molecule has 206 valence electrons. The van der Waals surface area contributed by atoms with E-state index in [2.05, 4.69) is 9.72 Å². The Bertz CT molecular complexity index is 1260. The monoisotopic (exact) mass is 570 g/mol. The Morgan fingerprint density at radius 1 is 1.08 bits per heavy atom. The van der Waals surface area contributed by atoms with Crippen LogP contribution in [0.2, 0.25) is 0 Å². The van der Waals surface area contributed by atoms with E-state index in [4.69, 9.17) is 4.74 Å². The van der Waals surface area contributed by atoms with Crippen molar-refractivity contribution in [3.05, 3.63) is 75.1 Å². The fourth-order valence-electron chi connectivity index (χ4n) is 3.65. The van der Waals surface area contributed by atoms with E-state index in [9.17, 15) is 45.4 Å². The first kappa shape index (κ1) is 27.8. The van der Waals surface area contributed by atoms with E-state index >= 15 is 0 Å². The molecule has 2 aromatic heterocycles. The van der Waals surface area contributed by atoms with E-state index in [1.165, 1.54) is 30.5 Å². The Morgan fingerprint density at radius 2 is 1.76 bits per heavy atom. The number of rotatable bonds is 9. The zero-order chi connectivity index (χ0) is 27.9. The predicted octanol–water partition coefficient (Wildman–Crippen LogP) is 5.61. The maximum Gasteiger partial charge on any atom is 0.433 e. The van der Waals surface area contributed by atoms with Crippen LogP contribution in [0.15, 0.2) is 48.9 Å². The van der Waals surface area contributed by atoms with Crippen LogP contribution in [0.3, 0.4) is 0 Å². The third kappa shape index (κ3) is 5.77. The summed E-state index contributed by atoms with van der Waals surface area (Å²) in [4.78, 5) is 3.15. The van der Waals surface area contributed by atoms with Crippen molar-refractivity contribution in [3.8, 4) is 11.5 Å². The zero-order valence-corrected chi connectivity index (χ0v) is 19.8. The van der Waals surface area contributed by atoms with E-state index in [1.54, 1.807) is 0 Å². The van der Waals surface area contributed by atoms with Crippen LogP contribution in [-0.2, 0) is 12.0 Å². The van der Waals surface area contributed by atoms with Crippen molar-refractivity contribution < 1.29 is 54.4 Å². The van der Waals surface area contributed by atoms with Gasteiger partial charge in [0.05, 0.1) is 6.10 Å². The summed E-state index contributed by atoms with van der Waals surface area (Å²) in [7, 11) is 0. The lowest BCUT2D eigenvalue weighted by Crippen LogP contribution is -2.53. The average molecular weight is 570 g/mol. The van der Waals surface area contributed by atoms with Gasteiger partial charge in [0.25, 0.3) is 0 Å². The molecule has 0 aliphatic heterocycles. The van der Waals surface area contributed by atoms with Crippen molar-refractivity contribution in [2.45, 2.75) is 55.8 Å². The zero-order valence-electron chi connectivity index (χ0n) is 19.0. The standard InChI is InChI=1S/C23H18F8N2O4S/c24-20(25)37-16-6-3-13(9-17(16)36-14-4-5-14)15(8-12-2-1-7-33(35)11-12)18-10-32-19(38-18)21(34,22(26,27)28)23(29,30)31/h1-3,6-7,9-11,14-15,20,34H,4-5,8H2/t15-/m1/s1. The fraction of sp³-hybridized carbons (Fsp3) is 0.391. The van der Waals surface area contributed by atoms with Crippen molar-refractivity contribution in [2.75, 3.05) is 0 Å². The molecular weight excluding hydrogens is 552 g/mol. The van der Waals surface area contributed by atoms with Gasteiger partial charge in [-0.3, -0.25) is 0 Å². The summed E-state index contributed by atoms with van der Waals surface area (Å²) in [5.74, 6) is -1.40. The summed E-state index contributed by atoms with van der Waals surface area (Å²) in [6, 6.07) is 6.66. The molecule has 1 fully saturated rings. The Balaban J connectivity index is 1.80. The molecule has 0 radical (unpaired) electrons. The van der Waals surface area contributed by atoms with E-state index in [0.717, 1.165) is 18.5 Å². The Kier molecular flexibility index (Phi) is 7.45. The number of pyridine rings is 1. The highest BCUT2D eigenvalue weighted by Crippen LogP contribution is 2.52. The second-order valence-electron chi connectivity index (χ2n) is 8.50. The Morgan fingerprint density at radius 3 is 2.34 bits per heavy atom. The molecule has 15 heteroatoms. The van der Waals surface area contributed by atoms with Crippen LogP contribution >= 0.6 is 11.3 Å². The number of ether oxygens (including phenoxy) is 2. The van der Waals surface area contributed by atoms with Gasteiger partial charge >= 0.3 is 24.6 Å². The number of aromatic nitrogens is 2. The topological polar surface area (TPSA) is 78.5 Å². The summed E-state index contributed by atoms with van der Waals surface area (Å²) >= 11 is -0.0112. The van der Waals surface area contributed by atoms with E-state index in [0.29, 0.717) is 23.1 Å². The first-order valence-corrected chi connectivity index (χ1v) is 11.8. The lowest BCUT2D eigenvalue weighted by molar-refractivity contribution is -0.605. The molecule has 0 amide bonds. The number of thiazole rings is 1. The van der Waals surface area contributed by atoms with Crippen molar-refractivity contribution in [2.24, 2.45) is 0 Å². The molecule has 0 saturated heterocycles. The van der Waals surface area contributed by atoms with E-state index in [1.807, 2.05) is 0 Å². The number of nitrogens with zero attached hydrogens (tertiary/aromatic N) is 2. The molecule has 3 aromatic rings. The molecule has 1 saturated carbocycles. The lowest BCUT2D eigenvalue weighted by atomic mass is 9.91. The van der Waals surface area contributed by atoms with Crippen LogP contribution in [0, 0.1) is 5.21 Å². The van der Waals surface area contributed by atoms with Gasteiger partial charge in [-0.15, -0.1) is 11.3 Å². The smallest absolute Gasteiger partial charge is 0.433 e. The summed E-state index contributed by atoms with van der Waals surface area (Å²) < 4.78 is 117. The van der Waals surface area contributed by atoms with Gasteiger partial charge in [0.1, 0.15) is 5.01 Å². The number of benzene rings is 1. The minimum Gasteiger partial charge on any atom is -0.619 e. The van der Waals surface area contributed by atoms with Crippen LogP contribution in [-0.4, -0.2) is 35.2 Å². The summed E-state index contributed by atoms with van der Waals surface area (Å²) in [5.41, 5.74) is -4.60. The van der Waals surface area contributed by atoms with Gasteiger partial charge in [-0.2, -0.15) is 39.9 Å². The van der Waals surface area contributed by atoms with Gasteiger partial charge < -0.3 is 19.8 Å². The van der Waals surface area contributed by atoms with Gasteiger partial charge in [0.15, 0.2) is 23.9 Å². The van der Waals surface area contributed by atoms with Crippen molar-refractivity contribution >= 4 is 11.3 Å². The van der Waals surface area contributed by atoms with Crippen LogP contribution < -0.4 is 14.2 Å². The third-order valence-electron chi connectivity index (χ3n) is 5.68. The minimum absolute atomic E-state index is 0.0112. The van der Waals surface area contributed by atoms with E-state index < -0.39 is 35.5 Å². The lowest BCUT2D eigenvalue weighted by Gasteiger charge is -2.30. The van der Waals surface area contributed by atoms with Crippen LogP contribution in [0.4, 0.5) is 35.1 Å². The van der Waals surface area contributed by atoms with E-state index in [-0.39, 0.29) is 45.8 Å². The molecule has 1 atom stereocenters. The molecule has 2 heterocycles. The van der Waals surface area contributed by atoms with Gasteiger partial charge in [0, 0.05) is 28.6 Å². The molecule has 1 aliphatic rings. The highest BCUT2D eigenvalue weighted by molar-refractivity contribution is 7.11. The fourth-order valence-corrected chi connectivity index (χ4v) is 4.83. The quantitative estimate of drug-likeness (QED) is 0.206. The minimum atomic E-state index is -6.12. The second-order valence-corrected chi connectivity index (χ2v) is 9.57. The van der Waals surface area contributed by atoms with Crippen LogP contribution in [0.25, 0.3) is 0 Å². The number of halogens is 8. The second kappa shape index (κ2) is 10.2. The van der Waals surface area contributed by atoms with Crippen LogP contribution in [0.1, 0.15) is 39.8 Å². The third-order valence-corrected chi connectivity index (χ3v) is 6.90. The summed E-state index contributed by atoms with van der Waals surface area (Å²) in [5, 5.41) is 19.9. The first-order valence-electron chi connectivity index (χ1n) is 10.9. The molecule has 1 aliphatic carbocycles. The summed E-state index contributed by atoms with van der Waals surface area (Å²) in [6.45, 7) is -3.18. The van der Waals surface area contributed by atoms with Gasteiger partial charge in [-0.25, -0.2) is 4.98 Å². The van der Waals surface area contributed by atoms with Crippen LogP contribution in [0.5, 0.6) is 11.5 Å². The number of aliphatic hydroxyl groups is 1. The molecule has 0 spiro atoms. The molecular formula is C23H18F8N2O4S. The average Bonchev–Trinajstić information content (AvgIpc) is 3.48. The SMILES string of the molecule is [O-][n+]1cccc(C[C@H](c2ccc(OC(F)F)c(OC3CC3)c2)c2cnc(C(O)(C(F)(F)F)C(F)(F)F)s2)c1. The largest absolute Gasteiger partial charge is 0.619 e. The molecule has 0 unspecified atom stereocenters. The molecule has 0 bridgehead atoms. The van der Waals surface area contributed by atoms with Gasteiger partial charge in [0.2, 0.25) is 0 Å². The highest BCUT2D eigenvalue weighted by atomic mass is 32.1. The highest BCUT2D eigenvalue weighted by Gasteiger charge is 2.73. The maximum atomic E-state index is 13.4. The normalized spacial score (nSPS) is 15.5. The number of alkyl halides is 8.